The predicted octanol–water partition coefficient (Wildman–Crippen LogP) is 4.57. The van der Waals surface area contributed by atoms with E-state index < -0.39 is 17.7 Å². The van der Waals surface area contributed by atoms with Crippen molar-refractivity contribution >= 4 is 11.7 Å². The number of methoxy groups -OCH3 is 1. The van der Waals surface area contributed by atoms with Crippen LogP contribution in [0.3, 0.4) is 0 Å². The summed E-state index contributed by atoms with van der Waals surface area (Å²) in [6.07, 6.45) is -1.18. The quantitative estimate of drug-likeness (QED) is 0.681. The van der Waals surface area contributed by atoms with Crippen LogP contribution in [0.15, 0.2) is 66.5 Å². The first-order valence-corrected chi connectivity index (χ1v) is 8.65. The molecule has 152 valence electrons. The van der Waals surface area contributed by atoms with E-state index in [1.165, 1.54) is 43.7 Å². The Morgan fingerprint density at radius 2 is 1.97 bits per heavy atom. The molecule has 29 heavy (non-hydrogen) atoms. The Kier molecular flexibility index (Phi) is 5.28. The molecule has 0 saturated heterocycles. The highest BCUT2D eigenvalue weighted by atomic mass is 19.4. The van der Waals surface area contributed by atoms with Gasteiger partial charge in [-0.2, -0.15) is 13.2 Å². The maximum Gasteiger partial charge on any atom is 0.419 e. The molecule has 0 spiro atoms. The van der Waals surface area contributed by atoms with E-state index in [4.69, 9.17) is 4.74 Å². The fourth-order valence-corrected chi connectivity index (χ4v) is 3.07. The molecule has 1 heterocycles. The number of carboxylic acids is 1. The molecule has 2 aromatic rings. The highest BCUT2D eigenvalue weighted by molar-refractivity contribution is 5.94. The van der Waals surface area contributed by atoms with Gasteiger partial charge in [-0.1, -0.05) is 23.8 Å². The summed E-state index contributed by atoms with van der Waals surface area (Å²) in [6.45, 7) is 1.75. The molecule has 1 atom stereocenters. The topological polar surface area (TPSA) is 70.6 Å². The Hall–Kier alpha value is -3.42. The number of nitrogens with one attached hydrogen (secondary N) is 2. The lowest BCUT2D eigenvalue weighted by molar-refractivity contribution is -0.182. The first kappa shape index (κ1) is 20.3. The highest BCUT2D eigenvalue weighted by Crippen LogP contribution is 2.42. The van der Waals surface area contributed by atoms with Crippen molar-refractivity contribution in [3.63, 3.8) is 0 Å². The van der Waals surface area contributed by atoms with Crippen molar-refractivity contribution in [2.45, 2.75) is 18.6 Å². The molecule has 8 heteroatoms. The number of carbonyl (C=O) groups is 1. The van der Waals surface area contributed by atoms with Crippen LogP contribution in [0, 0.1) is 6.92 Å². The van der Waals surface area contributed by atoms with Gasteiger partial charge in [-0.25, -0.2) is 4.79 Å². The maximum atomic E-state index is 14.0. The van der Waals surface area contributed by atoms with Crippen molar-refractivity contribution in [3.05, 3.63) is 83.2 Å². The minimum Gasteiger partial charge on any atom is -0.497 e. The fraction of sp³-hybridized carbons (Fsp3) is 0.190. The summed E-state index contributed by atoms with van der Waals surface area (Å²) < 4.78 is 47.1. The Balaban J connectivity index is 1.93. The number of ether oxygens (including phenoxy) is 1. The number of hydrogen-bond acceptors (Lipinski definition) is 4. The molecule has 2 aromatic carbocycles. The molecule has 0 saturated carbocycles. The van der Waals surface area contributed by atoms with Crippen LogP contribution in [0.25, 0.3) is 0 Å². The summed E-state index contributed by atoms with van der Waals surface area (Å²) in [5, 5.41) is 14.6. The summed E-state index contributed by atoms with van der Waals surface area (Å²) in [6, 6.07) is 10.5. The molecule has 0 radical (unpaired) electrons. The molecule has 1 unspecified atom stereocenters. The van der Waals surface area contributed by atoms with Crippen LogP contribution in [0.5, 0.6) is 5.75 Å². The zero-order valence-electron chi connectivity index (χ0n) is 15.7. The van der Waals surface area contributed by atoms with Gasteiger partial charge >= 0.3 is 12.1 Å². The number of hydrogen-bond donors (Lipinski definition) is 3. The van der Waals surface area contributed by atoms with Gasteiger partial charge in [0.25, 0.3) is 0 Å². The molecule has 0 aliphatic carbocycles. The van der Waals surface area contributed by atoms with E-state index in [2.05, 4.69) is 10.6 Å². The number of anilines is 1. The fourth-order valence-electron chi connectivity index (χ4n) is 3.07. The molecule has 3 N–H and O–H groups in total. The van der Waals surface area contributed by atoms with Crippen LogP contribution in [-0.2, 0) is 5.54 Å². The molecule has 1 aliphatic rings. The van der Waals surface area contributed by atoms with Crippen LogP contribution >= 0.6 is 0 Å². The van der Waals surface area contributed by atoms with E-state index in [-0.39, 0.29) is 16.8 Å². The normalized spacial score (nSPS) is 18.6. The summed E-state index contributed by atoms with van der Waals surface area (Å²) in [4.78, 5) is 11.4. The second-order valence-electron chi connectivity index (χ2n) is 6.59. The molecule has 1 aliphatic heterocycles. The smallest absolute Gasteiger partial charge is 0.419 e. The third kappa shape index (κ3) is 3.91. The first-order chi connectivity index (χ1) is 13.7. The molecular weight excluding hydrogens is 385 g/mol. The van der Waals surface area contributed by atoms with E-state index in [0.717, 1.165) is 11.6 Å². The van der Waals surface area contributed by atoms with E-state index >= 15 is 0 Å². The Morgan fingerprint density at radius 1 is 1.21 bits per heavy atom. The zero-order chi connectivity index (χ0) is 21.2. The van der Waals surface area contributed by atoms with Gasteiger partial charge in [-0.3, -0.25) is 0 Å². The van der Waals surface area contributed by atoms with Gasteiger partial charge in [0.1, 0.15) is 5.75 Å². The number of dihydropyridines is 1. The summed E-state index contributed by atoms with van der Waals surface area (Å²) >= 11 is 0. The van der Waals surface area contributed by atoms with Gasteiger partial charge in [0.15, 0.2) is 5.54 Å². The minimum atomic E-state index is -4.63. The second-order valence-corrected chi connectivity index (χ2v) is 6.59. The van der Waals surface area contributed by atoms with Gasteiger partial charge in [0, 0.05) is 6.20 Å². The Morgan fingerprint density at radius 3 is 2.55 bits per heavy atom. The molecule has 0 amide bonds. The van der Waals surface area contributed by atoms with Crippen molar-refractivity contribution in [3.8, 4) is 5.75 Å². The molecule has 3 rings (SSSR count). The summed E-state index contributed by atoms with van der Waals surface area (Å²) in [7, 11) is 1.38. The zero-order valence-corrected chi connectivity index (χ0v) is 15.7. The van der Waals surface area contributed by atoms with E-state index in [1.807, 2.05) is 0 Å². The van der Waals surface area contributed by atoms with Crippen molar-refractivity contribution in [2.24, 2.45) is 0 Å². The van der Waals surface area contributed by atoms with Gasteiger partial charge in [0.05, 0.1) is 24.1 Å². The molecular formula is C21H19F3N2O3. The van der Waals surface area contributed by atoms with Crippen LogP contribution < -0.4 is 15.4 Å². The third-order valence-electron chi connectivity index (χ3n) is 4.62. The highest BCUT2D eigenvalue weighted by Gasteiger charge is 2.55. The molecule has 0 fully saturated rings. The second kappa shape index (κ2) is 7.54. The first-order valence-electron chi connectivity index (χ1n) is 8.65. The number of allylic oxidation sites excluding steroid dienone is 1. The van der Waals surface area contributed by atoms with Crippen molar-refractivity contribution < 1.29 is 27.8 Å². The van der Waals surface area contributed by atoms with Gasteiger partial charge in [0.2, 0.25) is 0 Å². The lowest BCUT2D eigenvalue weighted by atomic mass is 9.87. The number of aromatic carboxylic acids is 1. The van der Waals surface area contributed by atoms with Gasteiger partial charge < -0.3 is 20.5 Å². The SMILES string of the molecule is COc1cccc(C2(C(F)(F)F)C=CC(Nc3ccc(C)cc3C(=O)O)=CN2)c1. The third-order valence-corrected chi connectivity index (χ3v) is 4.62. The van der Waals surface area contributed by atoms with Gasteiger partial charge in [-0.05, 0) is 48.9 Å². The average Bonchev–Trinajstić information content (AvgIpc) is 2.69. The van der Waals surface area contributed by atoms with Gasteiger partial charge in [-0.15, -0.1) is 0 Å². The monoisotopic (exact) mass is 404 g/mol. The van der Waals surface area contributed by atoms with Crippen molar-refractivity contribution in [2.75, 3.05) is 12.4 Å². The number of benzene rings is 2. The van der Waals surface area contributed by atoms with E-state index in [1.54, 1.807) is 25.1 Å². The largest absolute Gasteiger partial charge is 0.497 e. The number of alkyl halides is 3. The number of halogens is 3. The molecule has 0 aromatic heterocycles. The van der Waals surface area contributed by atoms with E-state index in [0.29, 0.717) is 11.4 Å². The lowest BCUT2D eigenvalue weighted by Gasteiger charge is -2.36. The minimum absolute atomic E-state index is 0.0275. The summed E-state index contributed by atoms with van der Waals surface area (Å²) in [5.41, 5.74) is -1.11. The van der Waals surface area contributed by atoms with Crippen LogP contribution in [0.4, 0.5) is 18.9 Å². The Labute approximate surface area is 165 Å². The maximum absolute atomic E-state index is 14.0. The van der Waals surface area contributed by atoms with Crippen LogP contribution in [0.2, 0.25) is 0 Å². The molecule has 0 bridgehead atoms. The van der Waals surface area contributed by atoms with Crippen molar-refractivity contribution in [1.29, 1.82) is 0 Å². The standard InChI is InChI=1S/C21H19F3N2O3/c1-13-6-7-18(17(10-13)19(27)28)26-15-8-9-20(25-12-15,21(22,23)24)14-4-3-5-16(11-14)29-2/h3-12,25-26H,1-2H3,(H,27,28). The predicted molar refractivity (Wildman–Crippen MR) is 103 cm³/mol. The van der Waals surface area contributed by atoms with Crippen LogP contribution in [0.1, 0.15) is 21.5 Å². The number of aryl methyl sites for hydroxylation is 1. The lowest BCUT2D eigenvalue weighted by Crippen LogP contribution is -2.51. The number of rotatable bonds is 5. The Bertz CT molecular complexity index is 999. The van der Waals surface area contributed by atoms with Crippen LogP contribution in [-0.4, -0.2) is 24.4 Å². The number of carboxylic acid groups (broad SMARTS) is 1. The van der Waals surface area contributed by atoms with Crippen molar-refractivity contribution in [1.82, 2.24) is 5.32 Å². The van der Waals surface area contributed by atoms with E-state index in [9.17, 15) is 23.1 Å². The molecule has 5 nitrogen and oxygen atoms in total. The average molecular weight is 404 g/mol. The summed E-state index contributed by atoms with van der Waals surface area (Å²) in [5.74, 6) is -0.828.